The zero-order valence-electron chi connectivity index (χ0n) is 17.2. The van der Waals surface area contributed by atoms with Crippen molar-refractivity contribution in [3.05, 3.63) is 23.3 Å². The zero-order chi connectivity index (χ0) is 20.9. The second-order valence-electron chi connectivity index (χ2n) is 9.72. The molecule has 4 atom stereocenters. The lowest BCUT2D eigenvalue weighted by atomic mass is 9.43. The van der Waals surface area contributed by atoms with Gasteiger partial charge in [-0.2, -0.15) is 5.26 Å². The van der Waals surface area contributed by atoms with Crippen molar-refractivity contribution in [2.24, 2.45) is 28.1 Å². The predicted molar refractivity (Wildman–Crippen MR) is 104 cm³/mol. The normalized spacial score (nSPS) is 36.5. The first-order valence-electron chi connectivity index (χ1n) is 10.1. The Morgan fingerprint density at radius 1 is 1.29 bits per heavy atom. The van der Waals surface area contributed by atoms with Crippen LogP contribution in [0.4, 0.5) is 0 Å². The third kappa shape index (κ3) is 2.94. The van der Waals surface area contributed by atoms with E-state index in [2.05, 4.69) is 19.9 Å². The molecule has 3 aliphatic carbocycles. The van der Waals surface area contributed by atoms with Crippen molar-refractivity contribution in [3.63, 3.8) is 0 Å². The predicted octanol–water partition coefficient (Wildman–Crippen LogP) is 4.24. The number of ketones is 2. The van der Waals surface area contributed by atoms with E-state index in [0.717, 1.165) is 18.4 Å². The number of hydrogen-bond donors (Lipinski definition) is 1. The molecule has 2 unspecified atom stereocenters. The molecule has 0 bridgehead atoms. The quantitative estimate of drug-likeness (QED) is 0.783. The molecular formula is C23H29NO4. The fourth-order valence-electron chi connectivity index (χ4n) is 6.28. The van der Waals surface area contributed by atoms with E-state index < -0.39 is 16.8 Å². The molecule has 1 fully saturated rings. The molecular weight excluding hydrogens is 354 g/mol. The van der Waals surface area contributed by atoms with Crippen LogP contribution < -0.4 is 0 Å². The minimum Gasteiger partial charge on any atom is -0.481 e. The van der Waals surface area contributed by atoms with Crippen LogP contribution in [0, 0.1) is 39.4 Å². The Balaban J connectivity index is 2.06. The van der Waals surface area contributed by atoms with E-state index >= 15 is 0 Å². The molecule has 1 N–H and O–H groups in total. The molecule has 0 heterocycles. The molecule has 0 saturated heterocycles. The summed E-state index contributed by atoms with van der Waals surface area (Å²) in [7, 11) is 0. The molecule has 0 amide bonds. The number of fused-ring (bicyclic) bond motifs is 3. The van der Waals surface area contributed by atoms with Gasteiger partial charge in [-0.1, -0.05) is 39.3 Å². The first-order chi connectivity index (χ1) is 13.0. The highest BCUT2D eigenvalue weighted by atomic mass is 16.4. The standard InChI is InChI=1S/C23H29NO4/c1-21(2)17-8-9-22(3)15(6-5-7-19(26)27)10-16(25)11-18(22)23(17,4)12-14(13-24)20(21)28/h11-12,15,17H,5-10H2,1-4H3,(H,26,27)/t15-,17+,22?,23?/m1/s1. The van der Waals surface area contributed by atoms with E-state index in [9.17, 15) is 19.6 Å². The van der Waals surface area contributed by atoms with Crippen molar-refractivity contribution in [2.45, 2.75) is 66.2 Å². The number of allylic oxidation sites excluding steroid dienone is 4. The SMILES string of the molecule is CC1(C)C(=O)C(C#N)=CC2(C)C3=CC(=O)C[C@@H](CCCC(=O)O)C3(C)CC[C@@H]12. The van der Waals surface area contributed by atoms with Crippen LogP contribution >= 0.6 is 0 Å². The minimum atomic E-state index is -0.812. The smallest absolute Gasteiger partial charge is 0.303 e. The van der Waals surface area contributed by atoms with Gasteiger partial charge in [-0.3, -0.25) is 14.4 Å². The second kappa shape index (κ2) is 6.69. The Bertz CT molecular complexity index is 843. The van der Waals surface area contributed by atoms with Crippen molar-refractivity contribution in [3.8, 4) is 6.07 Å². The number of carboxylic acid groups (broad SMARTS) is 1. The number of carbonyl (C=O) groups is 3. The summed E-state index contributed by atoms with van der Waals surface area (Å²) in [6.07, 6.45) is 7.09. The molecule has 5 nitrogen and oxygen atoms in total. The maximum atomic E-state index is 12.8. The molecule has 150 valence electrons. The van der Waals surface area contributed by atoms with Gasteiger partial charge >= 0.3 is 5.97 Å². The van der Waals surface area contributed by atoms with Crippen LogP contribution in [0.1, 0.15) is 66.2 Å². The van der Waals surface area contributed by atoms with Crippen LogP contribution in [0.25, 0.3) is 0 Å². The number of nitrogens with zero attached hydrogens (tertiary/aromatic N) is 1. The lowest BCUT2D eigenvalue weighted by Gasteiger charge is -2.59. The molecule has 0 radical (unpaired) electrons. The minimum absolute atomic E-state index is 0.0366. The van der Waals surface area contributed by atoms with Crippen molar-refractivity contribution >= 4 is 17.5 Å². The zero-order valence-corrected chi connectivity index (χ0v) is 17.2. The Kier molecular flexibility index (Phi) is 4.90. The molecule has 1 saturated carbocycles. The van der Waals surface area contributed by atoms with E-state index in [0.29, 0.717) is 19.3 Å². The van der Waals surface area contributed by atoms with Gasteiger partial charge in [-0.05, 0) is 49.0 Å². The van der Waals surface area contributed by atoms with Gasteiger partial charge in [0.05, 0.1) is 5.57 Å². The Labute approximate surface area is 166 Å². The van der Waals surface area contributed by atoms with Gasteiger partial charge in [0.25, 0.3) is 0 Å². The highest BCUT2D eigenvalue weighted by molar-refractivity contribution is 6.04. The molecule has 0 aromatic heterocycles. The molecule has 3 aliphatic rings. The maximum absolute atomic E-state index is 12.8. The topological polar surface area (TPSA) is 95.2 Å². The van der Waals surface area contributed by atoms with Crippen LogP contribution in [0.15, 0.2) is 23.3 Å². The molecule has 0 aromatic carbocycles. The van der Waals surface area contributed by atoms with E-state index in [1.165, 1.54) is 0 Å². The Morgan fingerprint density at radius 3 is 2.57 bits per heavy atom. The van der Waals surface area contributed by atoms with Crippen molar-refractivity contribution in [1.82, 2.24) is 0 Å². The van der Waals surface area contributed by atoms with Gasteiger partial charge in [0.2, 0.25) is 0 Å². The Morgan fingerprint density at radius 2 is 1.96 bits per heavy atom. The number of carbonyl (C=O) groups excluding carboxylic acids is 2. The van der Waals surface area contributed by atoms with Crippen LogP contribution in [0.3, 0.4) is 0 Å². The fraction of sp³-hybridized carbons (Fsp3) is 0.652. The number of nitriles is 1. The van der Waals surface area contributed by atoms with Crippen LogP contribution in [0.2, 0.25) is 0 Å². The van der Waals surface area contributed by atoms with E-state index in [1.807, 2.05) is 13.8 Å². The Hall–Kier alpha value is -2.22. The number of rotatable bonds is 4. The maximum Gasteiger partial charge on any atom is 0.303 e. The number of aliphatic carboxylic acids is 1. The summed E-state index contributed by atoms with van der Waals surface area (Å²) in [5, 5.41) is 18.5. The van der Waals surface area contributed by atoms with Gasteiger partial charge < -0.3 is 5.11 Å². The monoisotopic (exact) mass is 383 g/mol. The summed E-state index contributed by atoms with van der Waals surface area (Å²) < 4.78 is 0. The van der Waals surface area contributed by atoms with Crippen molar-refractivity contribution in [1.29, 1.82) is 5.26 Å². The summed E-state index contributed by atoms with van der Waals surface area (Å²) >= 11 is 0. The number of Topliss-reactive ketones (excluding diaryl/α,β-unsaturated/α-hetero) is 1. The number of carboxylic acids is 1. The molecule has 5 heteroatoms. The first kappa shape index (κ1) is 20.5. The molecule has 0 aromatic rings. The van der Waals surface area contributed by atoms with Gasteiger partial charge in [-0.15, -0.1) is 0 Å². The molecule has 0 spiro atoms. The largest absolute Gasteiger partial charge is 0.481 e. The van der Waals surface area contributed by atoms with E-state index in [1.54, 1.807) is 12.2 Å². The summed E-state index contributed by atoms with van der Waals surface area (Å²) in [5.74, 6) is -0.725. The molecule has 0 aliphatic heterocycles. The van der Waals surface area contributed by atoms with Gasteiger partial charge in [0.15, 0.2) is 11.6 Å². The highest BCUT2D eigenvalue weighted by Crippen LogP contribution is 2.65. The average molecular weight is 383 g/mol. The highest BCUT2D eigenvalue weighted by Gasteiger charge is 2.60. The summed E-state index contributed by atoms with van der Waals surface area (Å²) in [5.41, 5.74) is -0.173. The lowest BCUT2D eigenvalue weighted by molar-refractivity contribution is -0.137. The van der Waals surface area contributed by atoms with Crippen LogP contribution in [-0.4, -0.2) is 22.6 Å². The summed E-state index contributed by atoms with van der Waals surface area (Å²) in [4.78, 5) is 36.4. The lowest BCUT2D eigenvalue weighted by Crippen LogP contribution is -2.55. The van der Waals surface area contributed by atoms with Gasteiger partial charge in [-0.25, -0.2) is 0 Å². The number of hydrogen-bond acceptors (Lipinski definition) is 4. The molecule has 28 heavy (non-hydrogen) atoms. The average Bonchev–Trinajstić information content (AvgIpc) is 2.60. The first-order valence-corrected chi connectivity index (χ1v) is 10.1. The molecule has 3 rings (SSSR count). The summed E-state index contributed by atoms with van der Waals surface area (Å²) in [6.45, 7) is 8.09. The van der Waals surface area contributed by atoms with E-state index in [-0.39, 0.29) is 40.8 Å². The van der Waals surface area contributed by atoms with Crippen LogP contribution in [0.5, 0.6) is 0 Å². The fourth-order valence-corrected chi connectivity index (χ4v) is 6.28. The summed E-state index contributed by atoms with van der Waals surface area (Å²) in [6, 6.07) is 2.08. The van der Waals surface area contributed by atoms with Gasteiger partial charge in [0.1, 0.15) is 6.07 Å². The van der Waals surface area contributed by atoms with Crippen molar-refractivity contribution in [2.75, 3.05) is 0 Å². The van der Waals surface area contributed by atoms with Crippen molar-refractivity contribution < 1.29 is 19.5 Å². The third-order valence-electron chi connectivity index (χ3n) is 7.73. The van der Waals surface area contributed by atoms with Crippen LogP contribution in [-0.2, 0) is 14.4 Å². The second-order valence-corrected chi connectivity index (χ2v) is 9.72. The third-order valence-corrected chi connectivity index (χ3v) is 7.73. The van der Waals surface area contributed by atoms with Gasteiger partial charge in [0, 0.05) is 23.7 Å². The van der Waals surface area contributed by atoms with E-state index in [4.69, 9.17) is 5.11 Å².